The summed E-state index contributed by atoms with van der Waals surface area (Å²) >= 11 is 0. The molecule has 0 radical (unpaired) electrons. The maximum absolute atomic E-state index is 3.44. The van der Waals surface area contributed by atoms with Crippen molar-refractivity contribution in [2.45, 2.75) is 18.9 Å². The fraction of sp³-hybridized carbons (Fsp3) is 0.412. The van der Waals surface area contributed by atoms with Crippen LogP contribution in [0.3, 0.4) is 0 Å². The molecule has 2 aromatic rings. The van der Waals surface area contributed by atoms with Crippen molar-refractivity contribution in [2.24, 2.45) is 0 Å². The zero-order chi connectivity index (χ0) is 13.1. The Balaban J connectivity index is 1.71. The summed E-state index contributed by atoms with van der Waals surface area (Å²) in [7, 11) is 2.25. The molecule has 0 aliphatic carbocycles. The molecule has 1 atom stereocenters. The third-order valence-corrected chi connectivity index (χ3v) is 4.27. The molecule has 0 spiro atoms. The van der Waals surface area contributed by atoms with E-state index in [1.807, 2.05) is 0 Å². The van der Waals surface area contributed by atoms with E-state index in [4.69, 9.17) is 0 Å². The SMILES string of the molecule is CN(CCc1cccc2ccccc12)C1CCNC1. The van der Waals surface area contributed by atoms with Crippen LogP contribution in [0.25, 0.3) is 10.8 Å². The van der Waals surface area contributed by atoms with Gasteiger partial charge in [-0.3, -0.25) is 0 Å². The molecule has 2 nitrogen and oxygen atoms in total. The van der Waals surface area contributed by atoms with Gasteiger partial charge in [-0.05, 0) is 42.8 Å². The van der Waals surface area contributed by atoms with Crippen LogP contribution < -0.4 is 5.32 Å². The van der Waals surface area contributed by atoms with E-state index in [2.05, 4.69) is 59.7 Å². The number of hydrogen-bond donors (Lipinski definition) is 1. The highest BCUT2D eigenvalue weighted by molar-refractivity contribution is 5.85. The average Bonchev–Trinajstić information content (AvgIpc) is 2.99. The summed E-state index contributed by atoms with van der Waals surface area (Å²) in [6, 6.07) is 16.0. The first-order chi connectivity index (χ1) is 9.34. The van der Waals surface area contributed by atoms with Gasteiger partial charge in [0.2, 0.25) is 0 Å². The van der Waals surface area contributed by atoms with E-state index in [0.29, 0.717) is 0 Å². The van der Waals surface area contributed by atoms with Crippen molar-refractivity contribution in [2.75, 3.05) is 26.7 Å². The highest BCUT2D eigenvalue weighted by atomic mass is 15.2. The molecule has 1 unspecified atom stereocenters. The Morgan fingerprint density at radius 1 is 1.16 bits per heavy atom. The van der Waals surface area contributed by atoms with Crippen LogP contribution in [0.15, 0.2) is 42.5 Å². The number of benzene rings is 2. The molecule has 0 aromatic heterocycles. The number of rotatable bonds is 4. The van der Waals surface area contributed by atoms with Gasteiger partial charge in [0.15, 0.2) is 0 Å². The molecule has 100 valence electrons. The van der Waals surface area contributed by atoms with Crippen molar-refractivity contribution in [3.05, 3.63) is 48.0 Å². The quantitative estimate of drug-likeness (QED) is 0.902. The van der Waals surface area contributed by atoms with Crippen LogP contribution in [0.4, 0.5) is 0 Å². The number of likely N-dealkylation sites (N-methyl/N-ethyl adjacent to an activating group) is 1. The molecular weight excluding hydrogens is 232 g/mol. The largest absolute Gasteiger partial charge is 0.315 e. The Morgan fingerprint density at radius 2 is 2.00 bits per heavy atom. The van der Waals surface area contributed by atoms with E-state index in [1.54, 1.807) is 0 Å². The van der Waals surface area contributed by atoms with E-state index in [0.717, 1.165) is 25.6 Å². The van der Waals surface area contributed by atoms with Gasteiger partial charge in [-0.15, -0.1) is 0 Å². The van der Waals surface area contributed by atoms with Gasteiger partial charge in [-0.25, -0.2) is 0 Å². The second-order valence-corrected chi connectivity index (χ2v) is 5.52. The monoisotopic (exact) mass is 254 g/mol. The van der Waals surface area contributed by atoms with E-state index < -0.39 is 0 Å². The van der Waals surface area contributed by atoms with E-state index in [-0.39, 0.29) is 0 Å². The van der Waals surface area contributed by atoms with Gasteiger partial charge in [0.05, 0.1) is 0 Å². The van der Waals surface area contributed by atoms with Gasteiger partial charge in [0.1, 0.15) is 0 Å². The minimum atomic E-state index is 0.718. The zero-order valence-electron chi connectivity index (χ0n) is 11.6. The molecule has 1 heterocycles. The summed E-state index contributed by atoms with van der Waals surface area (Å²) in [6.07, 6.45) is 2.42. The Labute approximate surface area is 115 Å². The molecule has 1 saturated heterocycles. The lowest BCUT2D eigenvalue weighted by molar-refractivity contribution is 0.260. The number of fused-ring (bicyclic) bond motifs is 1. The van der Waals surface area contributed by atoms with Gasteiger partial charge < -0.3 is 10.2 Å². The smallest absolute Gasteiger partial charge is 0.0229 e. The summed E-state index contributed by atoms with van der Waals surface area (Å²) in [5.41, 5.74) is 1.47. The zero-order valence-corrected chi connectivity index (χ0v) is 11.6. The number of nitrogens with one attached hydrogen (secondary N) is 1. The van der Waals surface area contributed by atoms with E-state index in [1.165, 1.54) is 29.3 Å². The molecule has 2 aromatic carbocycles. The fourth-order valence-corrected chi connectivity index (χ4v) is 3.01. The molecule has 1 aliphatic heterocycles. The van der Waals surface area contributed by atoms with Gasteiger partial charge in [-0.2, -0.15) is 0 Å². The maximum Gasteiger partial charge on any atom is 0.0229 e. The Bertz CT molecular complexity index is 538. The van der Waals surface area contributed by atoms with E-state index >= 15 is 0 Å². The van der Waals surface area contributed by atoms with Crippen LogP contribution in [0.5, 0.6) is 0 Å². The molecule has 0 amide bonds. The standard InChI is InChI=1S/C17H22N2/c1-19(16-9-11-18-13-16)12-10-15-7-4-6-14-5-2-3-8-17(14)15/h2-8,16,18H,9-13H2,1H3. The third-order valence-electron chi connectivity index (χ3n) is 4.27. The van der Waals surface area contributed by atoms with Crippen LogP contribution in [0.1, 0.15) is 12.0 Å². The average molecular weight is 254 g/mol. The lowest BCUT2D eigenvalue weighted by Crippen LogP contribution is -2.34. The summed E-state index contributed by atoms with van der Waals surface area (Å²) in [5.74, 6) is 0. The van der Waals surface area contributed by atoms with Crippen molar-refractivity contribution >= 4 is 10.8 Å². The predicted molar refractivity (Wildman–Crippen MR) is 81.6 cm³/mol. The molecule has 0 saturated carbocycles. The molecule has 2 heteroatoms. The first-order valence-corrected chi connectivity index (χ1v) is 7.22. The van der Waals surface area contributed by atoms with Crippen LogP contribution in [0.2, 0.25) is 0 Å². The summed E-state index contributed by atoms with van der Waals surface area (Å²) in [6.45, 7) is 3.45. The summed E-state index contributed by atoms with van der Waals surface area (Å²) in [4.78, 5) is 2.50. The van der Waals surface area contributed by atoms with Crippen LogP contribution >= 0.6 is 0 Å². The molecular formula is C17H22N2. The van der Waals surface area contributed by atoms with E-state index in [9.17, 15) is 0 Å². The minimum Gasteiger partial charge on any atom is -0.315 e. The van der Waals surface area contributed by atoms with Gasteiger partial charge in [0.25, 0.3) is 0 Å². The normalized spacial score (nSPS) is 19.4. The van der Waals surface area contributed by atoms with Gasteiger partial charge in [-0.1, -0.05) is 42.5 Å². The minimum absolute atomic E-state index is 0.718. The van der Waals surface area contributed by atoms with Gasteiger partial charge >= 0.3 is 0 Å². The van der Waals surface area contributed by atoms with Crippen LogP contribution in [-0.2, 0) is 6.42 Å². The highest BCUT2D eigenvalue weighted by Crippen LogP contribution is 2.19. The molecule has 3 rings (SSSR count). The first kappa shape index (κ1) is 12.6. The topological polar surface area (TPSA) is 15.3 Å². The molecule has 19 heavy (non-hydrogen) atoms. The van der Waals surface area contributed by atoms with Crippen molar-refractivity contribution < 1.29 is 0 Å². The molecule has 1 N–H and O–H groups in total. The van der Waals surface area contributed by atoms with Crippen molar-refractivity contribution in [1.29, 1.82) is 0 Å². The Hall–Kier alpha value is -1.38. The maximum atomic E-state index is 3.44. The Kier molecular flexibility index (Phi) is 3.81. The van der Waals surface area contributed by atoms with Gasteiger partial charge in [0, 0.05) is 19.1 Å². The summed E-state index contributed by atoms with van der Waals surface area (Å²) in [5, 5.41) is 6.20. The number of nitrogens with zero attached hydrogens (tertiary/aromatic N) is 1. The van der Waals surface area contributed by atoms with Crippen molar-refractivity contribution in [1.82, 2.24) is 10.2 Å². The van der Waals surface area contributed by atoms with Crippen molar-refractivity contribution in [3.8, 4) is 0 Å². The lowest BCUT2D eigenvalue weighted by Gasteiger charge is -2.23. The third kappa shape index (κ3) is 2.80. The predicted octanol–water partition coefficient (Wildman–Crippen LogP) is 2.68. The lowest BCUT2D eigenvalue weighted by atomic mass is 10.0. The molecule has 1 fully saturated rings. The number of hydrogen-bond acceptors (Lipinski definition) is 2. The second-order valence-electron chi connectivity index (χ2n) is 5.52. The molecule has 0 bridgehead atoms. The first-order valence-electron chi connectivity index (χ1n) is 7.22. The van der Waals surface area contributed by atoms with Crippen LogP contribution in [0, 0.1) is 0 Å². The van der Waals surface area contributed by atoms with Crippen LogP contribution in [-0.4, -0.2) is 37.6 Å². The molecule has 1 aliphatic rings. The highest BCUT2D eigenvalue weighted by Gasteiger charge is 2.18. The van der Waals surface area contributed by atoms with Crippen molar-refractivity contribution in [3.63, 3.8) is 0 Å². The summed E-state index contributed by atoms with van der Waals surface area (Å²) < 4.78 is 0. The Morgan fingerprint density at radius 3 is 2.84 bits per heavy atom. The fourth-order valence-electron chi connectivity index (χ4n) is 3.01. The second kappa shape index (κ2) is 5.72.